The van der Waals surface area contributed by atoms with Crippen molar-refractivity contribution in [2.24, 2.45) is 0 Å². The van der Waals surface area contributed by atoms with Gasteiger partial charge >= 0.3 is 0 Å². The lowest BCUT2D eigenvalue weighted by atomic mass is 9.99. The third-order valence-corrected chi connectivity index (χ3v) is 3.91. The van der Waals surface area contributed by atoms with Crippen molar-refractivity contribution in [3.63, 3.8) is 0 Å². The normalized spacial score (nSPS) is 11.0. The van der Waals surface area contributed by atoms with Crippen LogP contribution in [0.4, 0.5) is 0 Å². The molecule has 0 aliphatic carbocycles. The average Bonchev–Trinajstić information content (AvgIpc) is 2.63. The third-order valence-electron chi connectivity index (χ3n) is 3.41. The fourth-order valence-electron chi connectivity index (χ4n) is 2.43. The van der Waals surface area contributed by atoms with Gasteiger partial charge in [0.05, 0.1) is 12.2 Å². The maximum absolute atomic E-state index is 4.65. The van der Waals surface area contributed by atoms with Crippen LogP contribution in [0, 0.1) is 20.8 Å². The fourth-order valence-corrected chi connectivity index (χ4v) is 2.91. The zero-order valence-corrected chi connectivity index (χ0v) is 13.5. The van der Waals surface area contributed by atoms with Gasteiger partial charge in [0.2, 0.25) is 0 Å². The Kier molecular flexibility index (Phi) is 4.42. The first-order chi connectivity index (χ1) is 9.04. The van der Waals surface area contributed by atoms with Gasteiger partial charge in [-0.1, -0.05) is 22.0 Å². The number of likely N-dealkylation sites (N-methyl/N-ethyl adjacent to an activating group) is 1. The van der Waals surface area contributed by atoms with E-state index in [1.54, 1.807) is 0 Å². The van der Waals surface area contributed by atoms with E-state index < -0.39 is 0 Å². The van der Waals surface area contributed by atoms with Gasteiger partial charge in [-0.25, -0.2) is 0 Å². The highest BCUT2D eigenvalue weighted by atomic mass is 79.9. The van der Waals surface area contributed by atoms with Crippen molar-refractivity contribution in [3.8, 4) is 11.1 Å². The number of hydrogen-bond acceptors (Lipinski definition) is 2. The molecule has 0 spiro atoms. The van der Waals surface area contributed by atoms with E-state index in [-0.39, 0.29) is 0 Å². The van der Waals surface area contributed by atoms with Crippen LogP contribution in [0.5, 0.6) is 0 Å². The first-order valence-electron chi connectivity index (χ1n) is 6.49. The maximum Gasteiger partial charge on any atom is 0.0675 e. The molecule has 0 unspecified atom stereocenters. The number of nitrogens with one attached hydrogen (secondary N) is 1. The first-order valence-corrected chi connectivity index (χ1v) is 7.29. The molecule has 0 aliphatic heterocycles. The highest BCUT2D eigenvalue weighted by Gasteiger charge is 2.14. The topological polar surface area (TPSA) is 29.9 Å². The van der Waals surface area contributed by atoms with Gasteiger partial charge in [0.25, 0.3) is 0 Å². The SMILES string of the molecule is CNCCn1nc(C)c(-c2ccc(Br)cc2C)c1C. The van der Waals surface area contributed by atoms with Crippen LogP contribution in [0.25, 0.3) is 11.1 Å². The van der Waals surface area contributed by atoms with Gasteiger partial charge in [0.15, 0.2) is 0 Å². The summed E-state index contributed by atoms with van der Waals surface area (Å²) in [5, 5.41) is 7.82. The molecule has 0 saturated carbocycles. The number of hydrogen-bond donors (Lipinski definition) is 1. The Morgan fingerprint density at radius 3 is 2.63 bits per heavy atom. The minimum Gasteiger partial charge on any atom is -0.318 e. The van der Waals surface area contributed by atoms with Gasteiger partial charge in [-0.15, -0.1) is 0 Å². The molecule has 19 heavy (non-hydrogen) atoms. The average molecular weight is 322 g/mol. The molecule has 4 heteroatoms. The second-order valence-corrected chi connectivity index (χ2v) is 5.75. The highest BCUT2D eigenvalue weighted by molar-refractivity contribution is 9.10. The van der Waals surface area contributed by atoms with Gasteiger partial charge in [-0.2, -0.15) is 5.10 Å². The molecule has 0 atom stereocenters. The Balaban J connectivity index is 2.47. The molecule has 1 N–H and O–H groups in total. The smallest absolute Gasteiger partial charge is 0.0675 e. The van der Waals surface area contributed by atoms with E-state index in [9.17, 15) is 0 Å². The number of benzene rings is 1. The lowest BCUT2D eigenvalue weighted by molar-refractivity contribution is 0.569. The number of aromatic nitrogens is 2. The second kappa shape index (κ2) is 5.88. The molecule has 1 aromatic heterocycles. The van der Waals surface area contributed by atoms with Crippen LogP contribution >= 0.6 is 15.9 Å². The molecule has 2 aromatic rings. The van der Waals surface area contributed by atoms with Crippen LogP contribution in [-0.4, -0.2) is 23.4 Å². The van der Waals surface area contributed by atoms with Gasteiger partial charge in [0.1, 0.15) is 0 Å². The van der Waals surface area contributed by atoms with E-state index in [0.29, 0.717) is 0 Å². The van der Waals surface area contributed by atoms with Crippen molar-refractivity contribution in [2.75, 3.05) is 13.6 Å². The summed E-state index contributed by atoms with van der Waals surface area (Å²) in [6, 6.07) is 6.41. The summed E-state index contributed by atoms with van der Waals surface area (Å²) in [7, 11) is 1.96. The number of nitrogens with zero attached hydrogens (tertiary/aromatic N) is 2. The molecule has 0 fully saturated rings. The summed E-state index contributed by atoms with van der Waals surface area (Å²) in [4.78, 5) is 0. The van der Waals surface area contributed by atoms with Crippen molar-refractivity contribution in [1.29, 1.82) is 0 Å². The predicted octanol–water partition coefficient (Wildman–Crippen LogP) is 3.46. The molecule has 0 bridgehead atoms. The van der Waals surface area contributed by atoms with Crippen LogP contribution in [-0.2, 0) is 6.54 Å². The van der Waals surface area contributed by atoms with Crippen molar-refractivity contribution in [3.05, 3.63) is 39.6 Å². The van der Waals surface area contributed by atoms with Crippen LogP contribution in [0.2, 0.25) is 0 Å². The molecule has 0 saturated heterocycles. The summed E-state index contributed by atoms with van der Waals surface area (Å²) < 4.78 is 3.20. The third kappa shape index (κ3) is 2.90. The van der Waals surface area contributed by atoms with Gasteiger partial charge in [-0.05, 0) is 51.1 Å². The van der Waals surface area contributed by atoms with E-state index in [4.69, 9.17) is 0 Å². The largest absolute Gasteiger partial charge is 0.318 e. The minimum atomic E-state index is 0.902. The Bertz CT molecular complexity index is 587. The Hall–Kier alpha value is -1.13. The zero-order chi connectivity index (χ0) is 14.0. The summed E-state index contributed by atoms with van der Waals surface area (Å²) in [6.45, 7) is 8.20. The lowest BCUT2D eigenvalue weighted by Gasteiger charge is -2.08. The lowest BCUT2D eigenvalue weighted by Crippen LogP contribution is -2.16. The molecule has 102 valence electrons. The van der Waals surface area contributed by atoms with Crippen LogP contribution < -0.4 is 5.32 Å². The molecule has 1 aromatic carbocycles. The van der Waals surface area contributed by atoms with Crippen molar-refractivity contribution in [2.45, 2.75) is 27.3 Å². The van der Waals surface area contributed by atoms with Crippen molar-refractivity contribution >= 4 is 15.9 Å². The van der Waals surface area contributed by atoms with E-state index in [0.717, 1.165) is 23.3 Å². The van der Waals surface area contributed by atoms with Crippen LogP contribution in [0.15, 0.2) is 22.7 Å². The molecular weight excluding hydrogens is 302 g/mol. The standard InChI is InChI=1S/C15H20BrN3/c1-10-9-13(16)5-6-14(10)15-11(2)18-19(12(15)3)8-7-17-4/h5-6,9,17H,7-8H2,1-4H3. The monoisotopic (exact) mass is 321 g/mol. The van der Waals surface area contributed by atoms with Crippen molar-refractivity contribution < 1.29 is 0 Å². The molecule has 1 heterocycles. The summed E-state index contributed by atoms with van der Waals surface area (Å²) in [6.07, 6.45) is 0. The van der Waals surface area contributed by atoms with Gasteiger partial charge in [0, 0.05) is 22.3 Å². The maximum atomic E-state index is 4.65. The second-order valence-electron chi connectivity index (χ2n) is 4.83. The number of halogens is 1. The molecule has 2 rings (SSSR count). The Labute approximate surface area is 123 Å². The van der Waals surface area contributed by atoms with E-state index in [1.807, 2.05) is 7.05 Å². The van der Waals surface area contributed by atoms with Gasteiger partial charge in [-0.3, -0.25) is 4.68 Å². The predicted molar refractivity (Wildman–Crippen MR) is 83.5 cm³/mol. The molecule has 0 radical (unpaired) electrons. The quantitative estimate of drug-likeness (QED) is 0.934. The van der Waals surface area contributed by atoms with E-state index in [2.05, 4.69) is 70.0 Å². The summed E-state index contributed by atoms with van der Waals surface area (Å²) in [5.41, 5.74) is 6.14. The molecule has 3 nitrogen and oxygen atoms in total. The summed E-state index contributed by atoms with van der Waals surface area (Å²) in [5.74, 6) is 0. The van der Waals surface area contributed by atoms with Gasteiger partial charge < -0.3 is 5.32 Å². The van der Waals surface area contributed by atoms with Crippen LogP contribution in [0.3, 0.4) is 0 Å². The van der Waals surface area contributed by atoms with E-state index in [1.165, 1.54) is 22.4 Å². The number of rotatable bonds is 4. The molecule has 0 amide bonds. The molecular formula is C15H20BrN3. The number of aryl methyl sites for hydroxylation is 2. The minimum absolute atomic E-state index is 0.902. The van der Waals surface area contributed by atoms with Crippen LogP contribution in [0.1, 0.15) is 17.0 Å². The Morgan fingerprint density at radius 1 is 1.26 bits per heavy atom. The zero-order valence-electron chi connectivity index (χ0n) is 11.9. The highest BCUT2D eigenvalue weighted by Crippen LogP contribution is 2.31. The fraction of sp³-hybridized carbons (Fsp3) is 0.400. The first kappa shape index (κ1) is 14.3. The summed E-state index contributed by atoms with van der Waals surface area (Å²) >= 11 is 3.52. The Morgan fingerprint density at radius 2 is 2.00 bits per heavy atom. The van der Waals surface area contributed by atoms with Crippen molar-refractivity contribution in [1.82, 2.24) is 15.1 Å². The molecule has 0 aliphatic rings. The van der Waals surface area contributed by atoms with E-state index >= 15 is 0 Å².